The van der Waals surface area contributed by atoms with E-state index in [2.05, 4.69) is 5.32 Å². The average Bonchev–Trinajstić information content (AvgIpc) is 3.21. The van der Waals surface area contributed by atoms with Crippen LogP contribution in [0.4, 0.5) is 5.69 Å². The largest absolute Gasteiger partial charge is 0.452 e. The molecule has 136 valence electrons. The summed E-state index contributed by atoms with van der Waals surface area (Å²) in [6, 6.07) is 15.0. The number of benzene rings is 2. The number of carbonyl (C=O) groups excluding carboxylic acids is 2. The Balaban J connectivity index is 1.50. The summed E-state index contributed by atoms with van der Waals surface area (Å²) in [5.41, 5.74) is 2.35. The van der Waals surface area contributed by atoms with Gasteiger partial charge in [-0.25, -0.2) is 4.79 Å². The second-order valence-electron chi connectivity index (χ2n) is 5.55. The highest BCUT2D eigenvalue weighted by Gasteiger charge is 2.18. The fourth-order valence-electron chi connectivity index (χ4n) is 2.44. The van der Waals surface area contributed by atoms with Crippen molar-refractivity contribution in [1.82, 2.24) is 0 Å². The fourth-order valence-corrected chi connectivity index (χ4v) is 5.76. The molecule has 7 heteroatoms. The number of nitrogens with one attached hydrogen (secondary N) is 1. The SMILES string of the molecule is CSc1cccc(NC(=O)COC(=O)c2ccc(C3SCCS3)cc2)c1. The Kier molecular flexibility index (Phi) is 6.93. The van der Waals surface area contributed by atoms with Crippen molar-refractivity contribution in [2.75, 3.05) is 29.7 Å². The molecule has 1 aliphatic heterocycles. The molecule has 2 aromatic rings. The summed E-state index contributed by atoms with van der Waals surface area (Å²) in [6.07, 6.45) is 1.97. The summed E-state index contributed by atoms with van der Waals surface area (Å²) in [5.74, 6) is 1.48. The van der Waals surface area contributed by atoms with Crippen molar-refractivity contribution >= 4 is 52.8 Å². The van der Waals surface area contributed by atoms with Crippen LogP contribution in [0.2, 0.25) is 0 Å². The molecular weight excluding hydrogens is 386 g/mol. The minimum Gasteiger partial charge on any atom is -0.452 e. The van der Waals surface area contributed by atoms with Gasteiger partial charge in [-0.15, -0.1) is 35.3 Å². The fraction of sp³-hybridized carbons (Fsp3) is 0.263. The third-order valence-corrected chi connectivity index (χ3v) is 7.56. The van der Waals surface area contributed by atoms with Crippen molar-refractivity contribution < 1.29 is 14.3 Å². The number of carbonyl (C=O) groups is 2. The highest BCUT2D eigenvalue weighted by atomic mass is 32.2. The smallest absolute Gasteiger partial charge is 0.338 e. The molecule has 0 bridgehead atoms. The van der Waals surface area contributed by atoms with Crippen LogP contribution in [0.5, 0.6) is 0 Å². The van der Waals surface area contributed by atoms with Gasteiger partial charge in [0.15, 0.2) is 6.61 Å². The Labute approximate surface area is 165 Å². The van der Waals surface area contributed by atoms with Gasteiger partial charge in [-0.2, -0.15) is 0 Å². The Bertz CT molecular complexity index is 774. The lowest BCUT2D eigenvalue weighted by Crippen LogP contribution is -2.20. The van der Waals surface area contributed by atoms with E-state index in [4.69, 9.17) is 4.74 Å². The van der Waals surface area contributed by atoms with Crippen molar-refractivity contribution in [1.29, 1.82) is 0 Å². The van der Waals surface area contributed by atoms with E-state index in [1.807, 2.05) is 60.1 Å². The minimum atomic E-state index is -0.490. The van der Waals surface area contributed by atoms with Crippen LogP contribution in [0.3, 0.4) is 0 Å². The predicted molar refractivity (Wildman–Crippen MR) is 111 cm³/mol. The average molecular weight is 406 g/mol. The maximum absolute atomic E-state index is 12.1. The van der Waals surface area contributed by atoms with Crippen LogP contribution in [0.15, 0.2) is 53.4 Å². The normalized spacial score (nSPS) is 14.2. The van der Waals surface area contributed by atoms with Crippen molar-refractivity contribution in [3.63, 3.8) is 0 Å². The van der Waals surface area contributed by atoms with Gasteiger partial charge in [0.05, 0.1) is 10.1 Å². The minimum absolute atomic E-state index is 0.307. The Morgan fingerprint density at radius 3 is 2.58 bits per heavy atom. The molecule has 1 amide bonds. The maximum atomic E-state index is 12.1. The monoisotopic (exact) mass is 405 g/mol. The van der Waals surface area contributed by atoms with Gasteiger partial charge < -0.3 is 10.1 Å². The van der Waals surface area contributed by atoms with Crippen molar-refractivity contribution in [2.45, 2.75) is 9.48 Å². The van der Waals surface area contributed by atoms with Crippen LogP contribution in [0.25, 0.3) is 0 Å². The van der Waals surface area contributed by atoms with Gasteiger partial charge in [0.1, 0.15) is 0 Å². The number of ether oxygens (including phenoxy) is 1. The van der Waals surface area contributed by atoms with Crippen molar-refractivity contribution in [3.05, 3.63) is 59.7 Å². The third kappa shape index (κ3) is 5.22. The molecule has 1 heterocycles. The van der Waals surface area contributed by atoms with Gasteiger partial charge in [0, 0.05) is 22.1 Å². The van der Waals surface area contributed by atoms with E-state index >= 15 is 0 Å². The first-order valence-corrected chi connectivity index (χ1v) is 11.4. The molecule has 26 heavy (non-hydrogen) atoms. The lowest BCUT2D eigenvalue weighted by atomic mass is 10.1. The molecule has 2 aromatic carbocycles. The number of hydrogen-bond donors (Lipinski definition) is 1. The molecule has 0 saturated carbocycles. The molecule has 0 aliphatic carbocycles. The molecule has 4 nitrogen and oxygen atoms in total. The van der Waals surface area contributed by atoms with Gasteiger partial charge in [0.2, 0.25) is 0 Å². The Hall–Kier alpha value is -1.57. The zero-order chi connectivity index (χ0) is 18.4. The van der Waals surface area contributed by atoms with E-state index in [0.717, 1.165) is 16.4 Å². The maximum Gasteiger partial charge on any atom is 0.338 e. The molecule has 1 aliphatic rings. The summed E-state index contributed by atoms with van der Waals surface area (Å²) in [6.45, 7) is -0.307. The van der Waals surface area contributed by atoms with E-state index in [1.54, 1.807) is 30.0 Å². The molecule has 0 atom stereocenters. The molecule has 0 unspecified atom stereocenters. The van der Waals surface area contributed by atoms with Crippen LogP contribution >= 0.6 is 35.3 Å². The van der Waals surface area contributed by atoms with E-state index in [0.29, 0.717) is 15.8 Å². The standard InChI is InChI=1S/C19H19NO3S3/c1-24-16-4-2-3-15(11-16)20-17(21)12-23-18(22)13-5-7-14(8-6-13)19-25-9-10-26-19/h2-8,11,19H,9-10,12H2,1H3,(H,20,21). The number of anilines is 1. The van der Waals surface area contributed by atoms with E-state index in [-0.39, 0.29) is 12.5 Å². The molecular formula is C19H19NO3S3. The Morgan fingerprint density at radius 2 is 1.88 bits per heavy atom. The third-order valence-electron chi connectivity index (χ3n) is 3.73. The Morgan fingerprint density at radius 1 is 1.15 bits per heavy atom. The number of hydrogen-bond acceptors (Lipinski definition) is 6. The quantitative estimate of drug-likeness (QED) is 0.556. The topological polar surface area (TPSA) is 55.4 Å². The van der Waals surface area contributed by atoms with Gasteiger partial charge in [-0.05, 0) is 42.2 Å². The first kappa shape index (κ1) is 19.2. The molecule has 3 rings (SSSR count). The van der Waals surface area contributed by atoms with Crippen LogP contribution in [0.1, 0.15) is 20.5 Å². The summed E-state index contributed by atoms with van der Waals surface area (Å²) in [5, 5.41) is 2.73. The highest BCUT2D eigenvalue weighted by Crippen LogP contribution is 2.45. The summed E-state index contributed by atoms with van der Waals surface area (Å²) >= 11 is 5.44. The number of thioether (sulfide) groups is 3. The number of esters is 1. The lowest BCUT2D eigenvalue weighted by molar-refractivity contribution is -0.119. The van der Waals surface area contributed by atoms with Crippen molar-refractivity contribution in [2.24, 2.45) is 0 Å². The summed E-state index contributed by atoms with van der Waals surface area (Å²) in [4.78, 5) is 25.1. The molecule has 0 radical (unpaired) electrons. The van der Waals surface area contributed by atoms with E-state index in [9.17, 15) is 9.59 Å². The second kappa shape index (κ2) is 9.39. The van der Waals surface area contributed by atoms with Crippen LogP contribution in [0, 0.1) is 0 Å². The number of rotatable bonds is 6. The zero-order valence-corrected chi connectivity index (χ0v) is 16.7. The van der Waals surface area contributed by atoms with Gasteiger partial charge in [-0.3, -0.25) is 4.79 Å². The van der Waals surface area contributed by atoms with Crippen LogP contribution in [-0.4, -0.2) is 36.2 Å². The summed E-state index contributed by atoms with van der Waals surface area (Å²) in [7, 11) is 0. The first-order valence-electron chi connectivity index (χ1n) is 8.10. The van der Waals surface area contributed by atoms with Gasteiger partial charge in [-0.1, -0.05) is 18.2 Å². The molecule has 0 spiro atoms. The van der Waals surface area contributed by atoms with E-state index in [1.165, 1.54) is 5.56 Å². The van der Waals surface area contributed by atoms with Crippen LogP contribution in [-0.2, 0) is 9.53 Å². The van der Waals surface area contributed by atoms with Crippen molar-refractivity contribution in [3.8, 4) is 0 Å². The highest BCUT2D eigenvalue weighted by molar-refractivity contribution is 8.19. The second-order valence-corrected chi connectivity index (χ2v) is 9.16. The van der Waals surface area contributed by atoms with Crippen LogP contribution < -0.4 is 5.32 Å². The zero-order valence-electron chi connectivity index (χ0n) is 14.3. The van der Waals surface area contributed by atoms with Gasteiger partial charge in [0.25, 0.3) is 5.91 Å². The van der Waals surface area contributed by atoms with Gasteiger partial charge >= 0.3 is 5.97 Å². The molecule has 0 aromatic heterocycles. The predicted octanol–water partition coefficient (Wildman–Crippen LogP) is 4.68. The lowest BCUT2D eigenvalue weighted by Gasteiger charge is -2.10. The first-order chi connectivity index (χ1) is 12.7. The number of amides is 1. The molecule has 1 fully saturated rings. The molecule has 1 N–H and O–H groups in total. The molecule has 1 saturated heterocycles. The summed E-state index contributed by atoms with van der Waals surface area (Å²) < 4.78 is 5.56. The van der Waals surface area contributed by atoms with E-state index < -0.39 is 5.97 Å².